The van der Waals surface area contributed by atoms with Gasteiger partial charge in [0.2, 0.25) is 0 Å². The molecule has 0 aromatic heterocycles. The maximum absolute atomic E-state index is 11.3. The van der Waals surface area contributed by atoms with Crippen LogP contribution in [-0.4, -0.2) is 17.7 Å². The van der Waals surface area contributed by atoms with Crippen molar-refractivity contribution in [3.63, 3.8) is 0 Å². The molecular formula is C11H23NO2. The van der Waals surface area contributed by atoms with Gasteiger partial charge in [-0.25, -0.2) is 4.79 Å². The molecule has 0 aromatic rings. The zero-order chi connectivity index (χ0) is 11.4. The molecule has 3 nitrogen and oxygen atoms in total. The van der Waals surface area contributed by atoms with Crippen LogP contribution in [0.15, 0.2) is 0 Å². The van der Waals surface area contributed by atoms with Gasteiger partial charge in [-0.05, 0) is 40.0 Å². The van der Waals surface area contributed by atoms with E-state index in [1.54, 1.807) is 0 Å². The smallest absolute Gasteiger partial charge is 0.407 e. The summed E-state index contributed by atoms with van der Waals surface area (Å²) in [6.07, 6.45) is 0.545. The van der Waals surface area contributed by atoms with Gasteiger partial charge in [-0.15, -0.1) is 0 Å². The minimum atomic E-state index is -0.382. The van der Waals surface area contributed by atoms with Crippen LogP contribution in [0.25, 0.3) is 0 Å². The molecule has 14 heavy (non-hydrogen) atoms. The quantitative estimate of drug-likeness (QED) is 0.759. The molecule has 0 heterocycles. The Balaban J connectivity index is 4.01. The molecule has 0 saturated heterocycles. The van der Waals surface area contributed by atoms with Gasteiger partial charge in [0.15, 0.2) is 0 Å². The lowest BCUT2D eigenvalue weighted by atomic mass is 9.96. The van der Waals surface area contributed by atoms with Crippen LogP contribution < -0.4 is 5.32 Å². The predicted molar refractivity (Wildman–Crippen MR) is 58.3 cm³/mol. The normalized spacial score (nSPS) is 12.0. The first-order valence-corrected chi connectivity index (χ1v) is 5.22. The summed E-state index contributed by atoms with van der Waals surface area (Å²) in [5.41, 5.74) is -0.382. The van der Waals surface area contributed by atoms with E-state index >= 15 is 0 Å². The number of nitrogens with one attached hydrogen (secondary N) is 1. The van der Waals surface area contributed by atoms with Crippen molar-refractivity contribution in [2.24, 2.45) is 5.92 Å². The van der Waals surface area contributed by atoms with Crippen LogP contribution in [0.2, 0.25) is 0 Å². The number of rotatable bonds is 4. The third-order valence-electron chi connectivity index (χ3n) is 1.68. The summed E-state index contributed by atoms with van der Waals surface area (Å²) in [4.78, 5) is 11.3. The van der Waals surface area contributed by atoms with E-state index < -0.39 is 0 Å². The SMILES string of the molecule is CC(C)CC(C)(C)OC(=O)NC(C)C. The predicted octanol–water partition coefficient (Wildman–Crippen LogP) is 2.95. The summed E-state index contributed by atoms with van der Waals surface area (Å²) in [6, 6.07) is 0.123. The molecule has 0 aromatic carbocycles. The average Bonchev–Trinajstić information content (AvgIpc) is 1.77. The fourth-order valence-corrected chi connectivity index (χ4v) is 1.54. The first kappa shape index (κ1) is 13.3. The molecule has 0 atom stereocenters. The fraction of sp³-hybridized carbons (Fsp3) is 0.909. The van der Waals surface area contributed by atoms with Crippen LogP contribution in [0.5, 0.6) is 0 Å². The van der Waals surface area contributed by atoms with E-state index in [9.17, 15) is 4.79 Å². The van der Waals surface area contributed by atoms with Gasteiger partial charge in [-0.3, -0.25) is 0 Å². The topological polar surface area (TPSA) is 38.3 Å². The van der Waals surface area contributed by atoms with Crippen LogP contribution in [0.1, 0.15) is 48.0 Å². The molecule has 0 bridgehead atoms. The summed E-state index contributed by atoms with van der Waals surface area (Å²) >= 11 is 0. The summed E-state index contributed by atoms with van der Waals surface area (Å²) in [5, 5.41) is 2.71. The molecule has 84 valence electrons. The van der Waals surface area contributed by atoms with Gasteiger partial charge in [0.05, 0.1) is 0 Å². The Morgan fingerprint density at radius 3 is 2.14 bits per heavy atom. The Labute approximate surface area is 87.2 Å². The molecule has 0 aliphatic heterocycles. The molecule has 0 radical (unpaired) electrons. The highest BCUT2D eigenvalue weighted by molar-refractivity contribution is 5.67. The highest BCUT2D eigenvalue weighted by Crippen LogP contribution is 2.20. The summed E-state index contributed by atoms with van der Waals surface area (Å²) in [6.45, 7) is 11.9. The zero-order valence-electron chi connectivity index (χ0n) is 10.2. The fourth-order valence-electron chi connectivity index (χ4n) is 1.54. The van der Waals surface area contributed by atoms with E-state index in [2.05, 4.69) is 19.2 Å². The number of amides is 1. The third kappa shape index (κ3) is 6.75. The third-order valence-corrected chi connectivity index (χ3v) is 1.68. The Hall–Kier alpha value is -0.730. The van der Waals surface area contributed by atoms with Crippen LogP contribution in [0.3, 0.4) is 0 Å². The van der Waals surface area contributed by atoms with E-state index in [4.69, 9.17) is 4.74 Å². The van der Waals surface area contributed by atoms with Gasteiger partial charge in [0.25, 0.3) is 0 Å². The second-order valence-corrected chi connectivity index (χ2v) is 5.05. The number of carbonyl (C=O) groups is 1. The highest BCUT2D eigenvalue weighted by atomic mass is 16.6. The number of hydrogen-bond acceptors (Lipinski definition) is 2. The van der Waals surface area contributed by atoms with Crippen LogP contribution in [-0.2, 0) is 4.74 Å². The first-order valence-electron chi connectivity index (χ1n) is 5.22. The maximum atomic E-state index is 11.3. The number of ether oxygens (including phenoxy) is 1. The molecular weight excluding hydrogens is 178 g/mol. The molecule has 0 fully saturated rings. The number of carbonyl (C=O) groups excluding carboxylic acids is 1. The minimum absolute atomic E-state index is 0.123. The van der Waals surface area contributed by atoms with E-state index in [-0.39, 0.29) is 17.7 Å². The van der Waals surface area contributed by atoms with E-state index in [0.717, 1.165) is 6.42 Å². The highest BCUT2D eigenvalue weighted by Gasteiger charge is 2.24. The molecule has 0 spiro atoms. The van der Waals surface area contributed by atoms with Crippen molar-refractivity contribution in [2.45, 2.75) is 59.6 Å². The van der Waals surface area contributed by atoms with Gasteiger partial charge in [-0.2, -0.15) is 0 Å². The van der Waals surface area contributed by atoms with Crippen molar-refractivity contribution in [3.05, 3.63) is 0 Å². The largest absolute Gasteiger partial charge is 0.444 e. The number of hydrogen-bond donors (Lipinski definition) is 1. The van der Waals surface area contributed by atoms with Crippen molar-refractivity contribution in [1.82, 2.24) is 5.32 Å². The maximum Gasteiger partial charge on any atom is 0.407 e. The van der Waals surface area contributed by atoms with Crippen LogP contribution in [0.4, 0.5) is 4.79 Å². The Morgan fingerprint density at radius 2 is 1.79 bits per heavy atom. The summed E-state index contributed by atoms with van der Waals surface area (Å²) in [7, 11) is 0. The van der Waals surface area contributed by atoms with Gasteiger partial charge in [-0.1, -0.05) is 13.8 Å². The monoisotopic (exact) mass is 201 g/mol. The van der Waals surface area contributed by atoms with Crippen molar-refractivity contribution >= 4 is 6.09 Å². The molecule has 0 rings (SSSR count). The Bertz CT molecular complexity index is 186. The van der Waals surface area contributed by atoms with Crippen molar-refractivity contribution in [2.75, 3.05) is 0 Å². The molecule has 1 N–H and O–H groups in total. The molecule has 0 aliphatic rings. The van der Waals surface area contributed by atoms with Crippen LogP contribution in [0, 0.1) is 5.92 Å². The molecule has 0 aliphatic carbocycles. The zero-order valence-corrected chi connectivity index (χ0v) is 10.2. The Kier molecular flexibility index (Phi) is 4.95. The second kappa shape index (κ2) is 5.23. The lowest BCUT2D eigenvalue weighted by Crippen LogP contribution is -2.38. The Morgan fingerprint density at radius 1 is 1.29 bits per heavy atom. The lowest BCUT2D eigenvalue weighted by molar-refractivity contribution is 0.0230. The summed E-state index contributed by atoms with van der Waals surface area (Å²) < 4.78 is 5.31. The standard InChI is InChI=1S/C11H23NO2/c1-8(2)7-11(5,6)14-10(13)12-9(3)4/h8-9H,7H2,1-6H3,(H,12,13). The number of alkyl carbamates (subject to hydrolysis) is 1. The lowest BCUT2D eigenvalue weighted by Gasteiger charge is -2.27. The summed E-state index contributed by atoms with van der Waals surface area (Å²) in [5.74, 6) is 0.525. The molecule has 1 amide bonds. The molecule has 0 saturated carbocycles. The van der Waals surface area contributed by atoms with E-state index in [1.165, 1.54) is 0 Å². The van der Waals surface area contributed by atoms with Gasteiger partial charge in [0.1, 0.15) is 5.60 Å². The van der Waals surface area contributed by atoms with Gasteiger partial charge in [0, 0.05) is 6.04 Å². The minimum Gasteiger partial charge on any atom is -0.444 e. The van der Waals surface area contributed by atoms with E-state index in [0.29, 0.717) is 5.92 Å². The second-order valence-electron chi connectivity index (χ2n) is 5.05. The van der Waals surface area contributed by atoms with E-state index in [1.807, 2.05) is 27.7 Å². The average molecular weight is 201 g/mol. The van der Waals surface area contributed by atoms with Crippen molar-refractivity contribution < 1.29 is 9.53 Å². The van der Waals surface area contributed by atoms with Crippen molar-refractivity contribution in [1.29, 1.82) is 0 Å². The van der Waals surface area contributed by atoms with Gasteiger partial charge >= 0.3 is 6.09 Å². The van der Waals surface area contributed by atoms with Gasteiger partial charge < -0.3 is 10.1 Å². The van der Waals surface area contributed by atoms with Crippen LogP contribution >= 0.6 is 0 Å². The molecule has 3 heteroatoms. The molecule has 0 unspecified atom stereocenters. The first-order chi connectivity index (χ1) is 6.23. The van der Waals surface area contributed by atoms with Crippen molar-refractivity contribution in [3.8, 4) is 0 Å².